The van der Waals surface area contributed by atoms with E-state index in [2.05, 4.69) is 63.7 Å². The molecule has 1 aliphatic heterocycles. The number of nitrogens with zero attached hydrogens (tertiary/aromatic N) is 4. The topological polar surface area (TPSA) is 67.1 Å². The molecule has 2 aromatic heterocycles. The molecule has 3 heterocycles. The second kappa shape index (κ2) is 10.2. The highest BCUT2D eigenvalue weighted by Crippen LogP contribution is 2.20. The molecular weight excluding hydrogens is 459 g/mol. The standard InChI is InChI=1S/C18H28N6S.HI/c1-4-16-22-17-9-8-14(12-24(17)23-16)21-18(19-5-2)20-11-13(3)15-7-6-10-25-15;/h6-7,10,13-14H,4-5,8-9,11-12H2,1-3H3,(H2,19,20,21);1H. The van der Waals surface area contributed by atoms with Crippen LogP contribution in [0.1, 0.15) is 49.6 Å². The van der Waals surface area contributed by atoms with Gasteiger partial charge in [-0.25, -0.2) is 9.67 Å². The van der Waals surface area contributed by atoms with Gasteiger partial charge in [-0.05, 0) is 24.8 Å². The van der Waals surface area contributed by atoms with Crippen molar-refractivity contribution < 1.29 is 0 Å². The number of nitrogens with one attached hydrogen (secondary N) is 2. The van der Waals surface area contributed by atoms with E-state index < -0.39 is 0 Å². The minimum absolute atomic E-state index is 0. The number of guanidine groups is 1. The molecule has 26 heavy (non-hydrogen) atoms. The first-order valence-corrected chi connectivity index (χ1v) is 10.1. The Hall–Kier alpha value is -1.16. The van der Waals surface area contributed by atoms with Crippen LogP contribution in [0, 0.1) is 0 Å². The third kappa shape index (κ3) is 5.42. The molecule has 0 aliphatic carbocycles. The second-order valence-electron chi connectivity index (χ2n) is 6.50. The summed E-state index contributed by atoms with van der Waals surface area (Å²) in [6.45, 7) is 8.93. The van der Waals surface area contributed by atoms with Gasteiger partial charge in [0.2, 0.25) is 0 Å². The minimum atomic E-state index is 0. The summed E-state index contributed by atoms with van der Waals surface area (Å²) in [7, 11) is 0. The molecule has 0 bridgehead atoms. The maximum Gasteiger partial charge on any atom is 0.191 e. The summed E-state index contributed by atoms with van der Waals surface area (Å²) in [5.74, 6) is 3.40. The van der Waals surface area contributed by atoms with Gasteiger partial charge in [-0.2, -0.15) is 5.10 Å². The Kier molecular flexibility index (Phi) is 8.33. The van der Waals surface area contributed by atoms with Gasteiger partial charge in [-0.3, -0.25) is 4.99 Å². The van der Waals surface area contributed by atoms with E-state index in [4.69, 9.17) is 4.99 Å². The molecule has 2 aromatic rings. The van der Waals surface area contributed by atoms with Crippen molar-refractivity contribution in [1.82, 2.24) is 25.4 Å². The van der Waals surface area contributed by atoms with Gasteiger partial charge in [-0.1, -0.05) is 19.9 Å². The predicted molar refractivity (Wildman–Crippen MR) is 119 cm³/mol. The third-order valence-corrected chi connectivity index (χ3v) is 5.56. The molecule has 0 radical (unpaired) electrons. The molecule has 0 saturated heterocycles. The fourth-order valence-corrected chi connectivity index (χ4v) is 3.81. The maximum atomic E-state index is 4.80. The smallest absolute Gasteiger partial charge is 0.191 e. The van der Waals surface area contributed by atoms with Crippen molar-refractivity contribution in [3.63, 3.8) is 0 Å². The van der Waals surface area contributed by atoms with Crippen molar-refractivity contribution in [2.75, 3.05) is 13.1 Å². The van der Waals surface area contributed by atoms with Gasteiger partial charge in [-0.15, -0.1) is 35.3 Å². The zero-order valence-corrected chi connectivity index (χ0v) is 18.9. The van der Waals surface area contributed by atoms with E-state index in [0.717, 1.165) is 56.5 Å². The van der Waals surface area contributed by atoms with Crippen LogP contribution in [0.25, 0.3) is 0 Å². The zero-order chi connectivity index (χ0) is 17.6. The van der Waals surface area contributed by atoms with Gasteiger partial charge >= 0.3 is 0 Å². The minimum Gasteiger partial charge on any atom is -0.357 e. The molecule has 0 aromatic carbocycles. The number of hydrogen-bond acceptors (Lipinski definition) is 4. The number of aliphatic imine (C=N–C) groups is 1. The lowest BCUT2D eigenvalue weighted by molar-refractivity contribution is 0.392. The SMILES string of the molecule is CCNC(=NCC(C)c1cccs1)NC1CCc2nc(CC)nn2C1.I. The number of rotatable bonds is 6. The number of thiophene rings is 1. The Balaban J connectivity index is 0.00000243. The summed E-state index contributed by atoms with van der Waals surface area (Å²) in [6, 6.07) is 4.63. The van der Waals surface area contributed by atoms with Crippen LogP contribution < -0.4 is 10.6 Å². The first kappa shape index (κ1) is 21.1. The summed E-state index contributed by atoms with van der Waals surface area (Å²) in [5, 5.41) is 13.7. The van der Waals surface area contributed by atoms with Gasteiger partial charge in [0.05, 0.1) is 13.1 Å². The Morgan fingerprint density at radius 2 is 2.31 bits per heavy atom. The Labute approximate surface area is 176 Å². The average Bonchev–Trinajstić information content (AvgIpc) is 3.28. The van der Waals surface area contributed by atoms with Crippen molar-refractivity contribution in [1.29, 1.82) is 0 Å². The Morgan fingerprint density at radius 3 is 3.00 bits per heavy atom. The van der Waals surface area contributed by atoms with Crippen LogP contribution in [-0.2, 0) is 19.4 Å². The molecule has 3 rings (SSSR count). The van der Waals surface area contributed by atoms with Crippen LogP contribution in [0.15, 0.2) is 22.5 Å². The first-order chi connectivity index (χ1) is 12.2. The fraction of sp³-hybridized carbons (Fsp3) is 0.611. The molecule has 6 nitrogen and oxygen atoms in total. The number of hydrogen-bond donors (Lipinski definition) is 2. The fourth-order valence-electron chi connectivity index (χ4n) is 3.03. The quantitative estimate of drug-likeness (QED) is 0.373. The van der Waals surface area contributed by atoms with Gasteiger partial charge < -0.3 is 10.6 Å². The van der Waals surface area contributed by atoms with Crippen molar-refractivity contribution in [3.8, 4) is 0 Å². The van der Waals surface area contributed by atoms with E-state index in [1.807, 2.05) is 0 Å². The monoisotopic (exact) mass is 488 g/mol. The first-order valence-electron chi connectivity index (χ1n) is 9.20. The van der Waals surface area contributed by atoms with Crippen LogP contribution in [0.5, 0.6) is 0 Å². The summed E-state index contributed by atoms with van der Waals surface area (Å²) in [6.07, 6.45) is 2.92. The van der Waals surface area contributed by atoms with Crippen LogP contribution in [0.2, 0.25) is 0 Å². The highest BCUT2D eigenvalue weighted by molar-refractivity contribution is 14.0. The summed E-state index contributed by atoms with van der Waals surface area (Å²) < 4.78 is 2.05. The Morgan fingerprint density at radius 1 is 1.46 bits per heavy atom. The maximum absolute atomic E-state index is 4.80. The summed E-state index contributed by atoms with van der Waals surface area (Å²) in [5.41, 5.74) is 0. The van der Waals surface area contributed by atoms with Crippen LogP contribution in [0.4, 0.5) is 0 Å². The van der Waals surface area contributed by atoms with Crippen LogP contribution in [0.3, 0.4) is 0 Å². The van der Waals surface area contributed by atoms with Crippen LogP contribution in [-0.4, -0.2) is 39.9 Å². The normalized spacial score (nSPS) is 18.0. The highest BCUT2D eigenvalue weighted by atomic mass is 127. The molecule has 0 spiro atoms. The molecule has 1 aliphatic rings. The van der Waals surface area contributed by atoms with E-state index in [1.165, 1.54) is 4.88 Å². The van der Waals surface area contributed by atoms with E-state index in [0.29, 0.717) is 12.0 Å². The lowest BCUT2D eigenvalue weighted by Crippen LogP contribution is -2.47. The van der Waals surface area contributed by atoms with Gasteiger partial charge in [0.1, 0.15) is 5.82 Å². The van der Waals surface area contributed by atoms with Crippen molar-refractivity contribution >= 4 is 41.3 Å². The molecule has 0 fully saturated rings. The van der Waals surface area contributed by atoms with Crippen molar-refractivity contribution in [2.45, 2.75) is 58.5 Å². The number of aryl methyl sites for hydroxylation is 2. The predicted octanol–water partition coefficient (Wildman–Crippen LogP) is 3.19. The van der Waals surface area contributed by atoms with Gasteiger partial charge in [0, 0.05) is 36.2 Å². The molecule has 2 atom stereocenters. The van der Waals surface area contributed by atoms with Crippen molar-refractivity contribution in [3.05, 3.63) is 34.0 Å². The number of fused-ring (bicyclic) bond motifs is 1. The van der Waals surface area contributed by atoms with E-state index in [9.17, 15) is 0 Å². The van der Waals surface area contributed by atoms with E-state index in [-0.39, 0.29) is 24.0 Å². The molecule has 0 saturated carbocycles. The lowest BCUT2D eigenvalue weighted by Gasteiger charge is -2.25. The van der Waals surface area contributed by atoms with E-state index >= 15 is 0 Å². The van der Waals surface area contributed by atoms with E-state index in [1.54, 1.807) is 11.3 Å². The number of halogens is 1. The molecule has 8 heteroatoms. The number of aromatic nitrogens is 3. The lowest BCUT2D eigenvalue weighted by atomic mass is 10.1. The molecular formula is C18H29IN6S. The second-order valence-corrected chi connectivity index (χ2v) is 7.48. The molecule has 2 N–H and O–H groups in total. The summed E-state index contributed by atoms with van der Waals surface area (Å²) >= 11 is 1.80. The van der Waals surface area contributed by atoms with Crippen LogP contribution >= 0.6 is 35.3 Å². The molecule has 2 unspecified atom stereocenters. The molecule has 144 valence electrons. The highest BCUT2D eigenvalue weighted by Gasteiger charge is 2.22. The van der Waals surface area contributed by atoms with Crippen molar-refractivity contribution in [2.24, 2.45) is 4.99 Å². The Bertz CT molecular complexity index is 697. The largest absolute Gasteiger partial charge is 0.357 e. The third-order valence-electron chi connectivity index (χ3n) is 4.46. The van der Waals surface area contributed by atoms with Gasteiger partial charge in [0.15, 0.2) is 11.8 Å². The zero-order valence-electron chi connectivity index (χ0n) is 15.7. The summed E-state index contributed by atoms with van der Waals surface area (Å²) in [4.78, 5) is 10.8. The average molecular weight is 488 g/mol. The van der Waals surface area contributed by atoms with Gasteiger partial charge in [0.25, 0.3) is 0 Å². The molecule has 0 amide bonds.